The number of primary amides is 1. The number of pyridine rings is 1. The van der Waals surface area contributed by atoms with Gasteiger partial charge in [0, 0.05) is 31.9 Å². The molecular formula is C22H25N7O4S. The normalized spacial score (nSPS) is 14.6. The molecule has 1 amide bonds. The van der Waals surface area contributed by atoms with Crippen LogP contribution in [-0.2, 0) is 10.0 Å². The molecule has 3 N–H and O–H groups in total. The summed E-state index contributed by atoms with van der Waals surface area (Å²) >= 11 is 0. The van der Waals surface area contributed by atoms with E-state index in [4.69, 9.17) is 10.5 Å². The van der Waals surface area contributed by atoms with E-state index in [1.165, 1.54) is 29.6 Å². The number of nitrogens with one attached hydrogen (secondary N) is 1. The number of piperazine rings is 1. The molecule has 0 radical (unpaired) electrons. The molecule has 1 saturated heterocycles. The highest BCUT2D eigenvalue weighted by Crippen LogP contribution is 2.26. The van der Waals surface area contributed by atoms with Crippen molar-refractivity contribution in [2.45, 2.75) is 11.8 Å². The molecule has 12 heteroatoms. The van der Waals surface area contributed by atoms with E-state index in [1.807, 2.05) is 36.1 Å². The molecule has 0 atom stereocenters. The predicted molar refractivity (Wildman–Crippen MR) is 127 cm³/mol. The lowest BCUT2D eigenvalue weighted by atomic mass is 10.2. The average molecular weight is 484 g/mol. The minimum atomic E-state index is -3.80. The zero-order valence-corrected chi connectivity index (χ0v) is 19.6. The molecule has 2 aromatic heterocycles. The van der Waals surface area contributed by atoms with Crippen molar-refractivity contribution < 1.29 is 17.9 Å². The fourth-order valence-electron chi connectivity index (χ4n) is 3.65. The number of hydrogen-bond acceptors (Lipinski definition) is 9. The SMILES string of the molecule is COc1ccc(S(=O)(=O)N2CCN(c3ccc(Nc4cccc(C)n4)nn3)CC2)cc1C(N)=O. The van der Waals surface area contributed by atoms with Gasteiger partial charge in [-0.15, -0.1) is 10.2 Å². The summed E-state index contributed by atoms with van der Waals surface area (Å²) in [5.41, 5.74) is 6.28. The molecule has 0 spiro atoms. The van der Waals surface area contributed by atoms with Gasteiger partial charge in [-0.2, -0.15) is 4.31 Å². The first kappa shape index (κ1) is 23.4. The fraction of sp³-hybridized carbons (Fsp3) is 0.273. The molecule has 0 unspecified atom stereocenters. The summed E-state index contributed by atoms with van der Waals surface area (Å²) in [4.78, 5) is 18.0. The maximum atomic E-state index is 13.1. The standard InChI is InChI=1S/C22H25N7O4S/c1-15-4-3-5-19(24-15)25-20-8-9-21(27-26-20)28-10-12-29(13-11-28)34(31,32)16-6-7-18(33-2)17(14-16)22(23)30/h3-9,14H,10-13H2,1-2H3,(H2,23,30)(H,24,25,26). The van der Waals surface area contributed by atoms with Gasteiger partial charge >= 0.3 is 0 Å². The van der Waals surface area contributed by atoms with Gasteiger partial charge in [0.15, 0.2) is 11.6 Å². The van der Waals surface area contributed by atoms with Crippen LogP contribution in [0.2, 0.25) is 0 Å². The highest BCUT2D eigenvalue weighted by atomic mass is 32.2. The Kier molecular flexibility index (Phi) is 6.61. The Labute approximate surface area is 197 Å². The van der Waals surface area contributed by atoms with Gasteiger partial charge in [0.2, 0.25) is 10.0 Å². The summed E-state index contributed by atoms with van der Waals surface area (Å²) in [6, 6.07) is 13.4. The number of methoxy groups -OCH3 is 1. The molecule has 0 saturated carbocycles. The lowest BCUT2D eigenvalue weighted by molar-refractivity contribution is 0.0997. The van der Waals surface area contributed by atoms with Crippen molar-refractivity contribution in [3.05, 3.63) is 59.8 Å². The number of carbonyl (C=O) groups excluding carboxylic acids is 1. The topological polar surface area (TPSA) is 144 Å². The molecule has 3 aromatic rings. The van der Waals surface area contributed by atoms with Gasteiger partial charge in [0.1, 0.15) is 11.6 Å². The minimum Gasteiger partial charge on any atom is -0.496 e. The number of carbonyl (C=O) groups is 1. The quantitative estimate of drug-likeness (QED) is 0.511. The number of aromatic nitrogens is 3. The van der Waals surface area contributed by atoms with Gasteiger partial charge in [-0.05, 0) is 49.4 Å². The molecule has 0 aliphatic carbocycles. The summed E-state index contributed by atoms with van der Waals surface area (Å²) in [5, 5.41) is 11.6. The van der Waals surface area contributed by atoms with Gasteiger partial charge in [-0.1, -0.05) is 6.07 Å². The van der Waals surface area contributed by atoms with Gasteiger partial charge in [-0.3, -0.25) is 4.79 Å². The van der Waals surface area contributed by atoms with Crippen LogP contribution in [0.5, 0.6) is 5.75 Å². The van der Waals surface area contributed by atoms with Crippen molar-refractivity contribution >= 4 is 33.4 Å². The second-order valence-corrected chi connectivity index (χ2v) is 9.62. The molecule has 3 heterocycles. The van der Waals surface area contributed by atoms with Crippen molar-refractivity contribution in [3.63, 3.8) is 0 Å². The molecule has 1 aromatic carbocycles. The number of amides is 1. The number of nitrogens with two attached hydrogens (primary N) is 1. The van der Waals surface area contributed by atoms with Crippen molar-refractivity contribution in [2.24, 2.45) is 5.73 Å². The third-order valence-corrected chi connectivity index (χ3v) is 7.33. The smallest absolute Gasteiger partial charge is 0.252 e. The fourth-order valence-corrected chi connectivity index (χ4v) is 5.10. The Morgan fingerprint density at radius 3 is 2.41 bits per heavy atom. The van der Waals surface area contributed by atoms with Crippen LogP contribution in [0.25, 0.3) is 0 Å². The van der Waals surface area contributed by atoms with E-state index < -0.39 is 15.9 Å². The number of anilines is 3. The molecule has 34 heavy (non-hydrogen) atoms. The van der Waals surface area contributed by atoms with E-state index in [1.54, 1.807) is 6.07 Å². The van der Waals surface area contributed by atoms with Crippen LogP contribution in [0, 0.1) is 6.92 Å². The van der Waals surface area contributed by atoms with Crippen LogP contribution < -0.4 is 20.7 Å². The summed E-state index contributed by atoms with van der Waals surface area (Å²) in [7, 11) is -2.41. The largest absolute Gasteiger partial charge is 0.496 e. The molecule has 4 rings (SSSR count). The zero-order chi connectivity index (χ0) is 24.3. The van der Waals surface area contributed by atoms with Crippen LogP contribution in [0.4, 0.5) is 17.5 Å². The Morgan fingerprint density at radius 2 is 1.79 bits per heavy atom. The van der Waals surface area contributed by atoms with Crippen LogP contribution in [-0.4, -0.2) is 67.1 Å². The first-order valence-corrected chi connectivity index (χ1v) is 12.0. The second kappa shape index (κ2) is 9.61. The maximum absolute atomic E-state index is 13.1. The lowest BCUT2D eigenvalue weighted by Crippen LogP contribution is -2.49. The number of ether oxygens (including phenoxy) is 1. The predicted octanol–water partition coefficient (Wildman–Crippen LogP) is 1.54. The van der Waals surface area contributed by atoms with E-state index in [2.05, 4.69) is 20.5 Å². The van der Waals surface area contributed by atoms with Crippen molar-refractivity contribution in [2.75, 3.05) is 43.5 Å². The number of nitrogens with zero attached hydrogens (tertiary/aromatic N) is 5. The van der Waals surface area contributed by atoms with E-state index >= 15 is 0 Å². The first-order valence-electron chi connectivity index (χ1n) is 10.6. The zero-order valence-electron chi connectivity index (χ0n) is 18.8. The minimum absolute atomic E-state index is 0.00414. The van der Waals surface area contributed by atoms with Gasteiger partial charge in [-0.25, -0.2) is 13.4 Å². The molecule has 0 bridgehead atoms. The Hall–Kier alpha value is -3.77. The van der Waals surface area contributed by atoms with Crippen molar-refractivity contribution in [3.8, 4) is 5.75 Å². The monoisotopic (exact) mass is 483 g/mol. The van der Waals surface area contributed by atoms with Gasteiger partial charge in [0.25, 0.3) is 5.91 Å². The molecule has 11 nitrogen and oxygen atoms in total. The number of sulfonamides is 1. The lowest BCUT2D eigenvalue weighted by Gasteiger charge is -2.34. The van der Waals surface area contributed by atoms with Crippen LogP contribution >= 0.6 is 0 Å². The highest BCUT2D eigenvalue weighted by molar-refractivity contribution is 7.89. The molecular weight excluding hydrogens is 458 g/mol. The average Bonchev–Trinajstić information content (AvgIpc) is 2.84. The van der Waals surface area contributed by atoms with Crippen molar-refractivity contribution in [1.82, 2.24) is 19.5 Å². The molecule has 178 valence electrons. The summed E-state index contributed by atoms with van der Waals surface area (Å²) in [6.45, 7) is 3.31. The molecule has 1 aliphatic rings. The van der Waals surface area contributed by atoms with Gasteiger partial charge < -0.3 is 20.7 Å². The van der Waals surface area contributed by atoms with Crippen LogP contribution in [0.1, 0.15) is 16.1 Å². The Bertz CT molecular complexity index is 1290. The number of aryl methyl sites for hydroxylation is 1. The van der Waals surface area contributed by atoms with E-state index in [0.29, 0.717) is 30.5 Å². The van der Waals surface area contributed by atoms with E-state index in [-0.39, 0.29) is 29.3 Å². The molecule has 1 aliphatic heterocycles. The second-order valence-electron chi connectivity index (χ2n) is 7.68. The first-order chi connectivity index (χ1) is 16.3. The van der Waals surface area contributed by atoms with Gasteiger partial charge in [0.05, 0.1) is 17.6 Å². The number of hydrogen-bond donors (Lipinski definition) is 2. The van der Waals surface area contributed by atoms with Crippen LogP contribution in [0.3, 0.4) is 0 Å². The third kappa shape index (κ3) is 4.92. The number of benzene rings is 1. The number of rotatable bonds is 7. The maximum Gasteiger partial charge on any atom is 0.252 e. The van der Waals surface area contributed by atoms with E-state index in [9.17, 15) is 13.2 Å². The van der Waals surface area contributed by atoms with Crippen molar-refractivity contribution in [1.29, 1.82) is 0 Å². The Balaban J connectivity index is 1.42. The summed E-state index contributed by atoms with van der Waals surface area (Å²) < 4.78 is 32.7. The third-order valence-electron chi connectivity index (χ3n) is 5.43. The van der Waals surface area contributed by atoms with E-state index in [0.717, 1.165) is 5.69 Å². The summed E-state index contributed by atoms with van der Waals surface area (Å²) in [5.74, 6) is 1.37. The molecule has 1 fully saturated rings. The van der Waals surface area contributed by atoms with Crippen LogP contribution in [0.15, 0.2) is 53.4 Å². The summed E-state index contributed by atoms with van der Waals surface area (Å²) in [6.07, 6.45) is 0. The Morgan fingerprint density at radius 1 is 1.03 bits per heavy atom. The highest BCUT2D eigenvalue weighted by Gasteiger charge is 2.30.